The Morgan fingerprint density at radius 2 is 1.79 bits per heavy atom. The topological polar surface area (TPSA) is 125 Å². The van der Waals surface area contributed by atoms with Crippen LogP contribution >= 0.6 is 0 Å². The largest absolute Gasteiger partial charge is 0.384 e. The molecule has 0 aliphatic rings. The van der Waals surface area contributed by atoms with Crippen LogP contribution in [0.3, 0.4) is 0 Å². The average molecular weight is 514 g/mol. The molecule has 0 saturated carbocycles. The lowest BCUT2D eigenvalue weighted by Gasteiger charge is -2.12. The number of halogens is 1. The minimum Gasteiger partial charge on any atom is -0.384 e. The maximum absolute atomic E-state index is 13.9. The SMILES string of the molecule is CCn1c(-c2ccc(-c3con(C)c3=O)cc2)cc2cc(C)nc(C(=O)Nc3ccc(F)c(C(N)=O)c3)c21. The van der Waals surface area contributed by atoms with Crippen molar-refractivity contribution in [2.45, 2.75) is 20.4 Å². The third-order valence-corrected chi connectivity index (χ3v) is 6.36. The van der Waals surface area contributed by atoms with Crippen LogP contribution in [-0.4, -0.2) is 26.1 Å². The van der Waals surface area contributed by atoms with Crippen molar-refractivity contribution in [3.05, 3.63) is 94.0 Å². The zero-order valence-corrected chi connectivity index (χ0v) is 20.9. The second-order valence-electron chi connectivity index (χ2n) is 8.85. The van der Waals surface area contributed by atoms with Crippen molar-refractivity contribution in [1.29, 1.82) is 0 Å². The Hall–Kier alpha value is -4.99. The van der Waals surface area contributed by atoms with Crippen molar-refractivity contribution in [2.75, 3.05) is 5.32 Å². The van der Waals surface area contributed by atoms with Gasteiger partial charge < -0.3 is 20.1 Å². The minimum absolute atomic E-state index is 0.191. The highest BCUT2D eigenvalue weighted by Gasteiger charge is 2.21. The summed E-state index contributed by atoms with van der Waals surface area (Å²) < 4.78 is 22.2. The first kappa shape index (κ1) is 24.7. The molecule has 0 spiro atoms. The number of amides is 2. The number of carbonyl (C=O) groups is 2. The predicted octanol–water partition coefficient (Wildman–Crippen LogP) is 4.48. The molecule has 3 aromatic heterocycles. The molecule has 0 atom stereocenters. The van der Waals surface area contributed by atoms with Gasteiger partial charge >= 0.3 is 0 Å². The van der Waals surface area contributed by atoms with Crippen LogP contribution < -0.4 is 16.6 Å². The Kier molecular flexibility index (Phi) is 6.15. The van der Waals surface area contributed by atoms with Crippen molar-refractivity contribution >= 4 is 28.4 Å². The molecule has 192 valence electrons. The van der Waals surface area contributed by atoms with E-state index in [1.165, 1.54) is 23.1 Å². The molecule has 0 aliphatic heterocycles. The Morgan fingerprint density at radius 3 is 2.42 bits per heavy atom. The molecule has 0 saturated heterocycles. The molecule has 2 amide bonds. The van der Waals surface area contributed by atoms with Crippen LogP contribution in [0.1, 0.15) is 33.5 Å². The van der Waals surface area contributed by atoms with Gasteiger partial charge in [-0.25, -0.2) is 9.37 Å². The van der Waals surface area contributed by atoms with Crippen LogP contribution in [0.2, 0.25) is 0 Å². The molecule has 2 aromatic carbocycles. The number of nitrogens with two attached hydrogens (primary N) is 1. The molecular weight excluding hydrogens is 489 g/mol. The van der Waals surface area contributed by atoms with E-state index in [9.17, 15) is 18.8 Å². The van der Waals surface area contributed by atoms with Crippen LogP contribution in [0.15, 0.2) is 70.2 Å². The van der Waals surface area contributed by atoms with Crippen molar-refractivity contribution in [3.8, 4) is 22.4 Å². The molecule has 0 unspecified atom stereocenters. The number of nitrogens with zero attached hydrogens (tertiary/aromatic N) is 3. The second-order valence-corrected chi connectivity index (χ2v) is 8.85. The smallest absolute Gasteiger partial charge is 0.290 e. The molecular formula is C28H24FN5O4. The molecule has 38 heavy (non-hydrogen) atoms. The summed E-state index contributed by atoms with van der Waals surface area (Å²) in [6.07, 6.45) is 1.42. The fraction of sp³-hybridized carbons (Fsp3) is 0.143. The molecule has 5 aromatic rings. The van der Waals surface area contributed by atoms with Crippen LogP contribution in [0.5, 0.6) is 0 Å². The highest BCUT2D eigenvalue weighted by molar-refractivity contribution is 6.12. The first-order chi connectivity index (χ1) is 18.2. The summed E-state index contributed by atoms with van der Waals surface area (Å²) in [6, 6.07) is 15.0. The van der Waals surface area contributed by atoms with Gasteiger partial charge in [-0.3, -0.25) is 14.4 Å². The van der Waals surface area contributed by atoms with E-state index in [1.54, 1.807) is 14.0 Å². The molecule has 5 rings (SSSR count). The average Bonchev–Trinajstić information content (AvgIpc) is 3.43. The number of fused-ring (bicyclic) bond motifs is 1. The number of benzene rings is 2. The summed E-state index contributed by atoms with van der Waals surface area (Å²) in [7, 11) is 1.55. The number of hydrogen-bond acceptors (Lipinski definition) is 5. The first-order valence-electron chi connectivity index (χ1n) is 11.8. The monoisotopic (exact) mass is 513 g/mol. The standard InChI is InChI=1S/C28H24FN5O4/c1-4-34-23(17-7-5-16(6-8-17)21-14-38-33(3)28(21)37)12-18-11-15(2)31-24(25(18)34)27(36)32-19-9-10-22(29)20(13-19)26(30)35/h5-14H,4H2,1-3H3,(H2,30,35)(H,32,36). The molecule has 0 radical (unpaired) electrons. The van der Waals surface area contributed by atoms with E-state index >= 15 is 0 Å². The Bertz CT molecular complexity index is 1780. The minimum atomic E-state index is -0.932. The number of anilines is 1. The van der Waals surface area contributed by atoms with Gasteiger partial charge in [-0.05, 0) is 55.3 Å². The van der Waals surface area contributed by atoms with Crippen LogP contribution in [0.4, 0.5) is 10.1 Å². The summed E-state index contributed by atoms with van der Waals surface area (Å²) >= 11 is 0. The summed E-state index contributed by atoms with van der Waals surface area (Å²) in [6.45, 7) is 4.31. The van der Waals surface area contributed by atoms with E-state index in [-0.39, 0.29) is 22.5 Å². The lowest BCUT2D eigenvalue weighted by atomic mass is 10.1. The van der Waals surface area contributed by atoms with E-state index < -0.39 is 17.6 Å². The summed E-state index contributed by atoms with van der Waals surface area (Å²) in [4.78, 5) is 41.6. The van der Waals surface area contributed by atoms with E-state index in [0.29, 0.717) is 23.3 Å². The molecule has 0 fully saturated rings. The number of pyridine rings is 1. The molecule has 10 heteroatoms. The van der Waals surface area contributed by atoms with E-state index in [4.69, 9.17) is 10.3 Å². The van der Waals surface area contributed by atoms with Gasteiger partial charge in [0.25, 0.3) is 17.4 Å². The molecule has 3 heterocycles. The number of rotatable bonds is 6. The number of hydrogen-bond donors (Lipinski definition) is 2. The van der Waals surface area contributed by atoms with Crippen molar-refractivity contribution in [2.24, 2.45) is 12.8 Å². The third-order valence-electron chi connectivity index (χ3n) is 6.36. The van der Waals surface area contributed by atoms with Crippen LogP contribution in [0.25, 0.3) is 33.3 Å². The van der Waals surface area contributed by atoms with Gasteiger partial charge in [-0.2, -0.15) is 4.74 Å². The molecule has 3 N–H and O–H groups in total. The lowest BCUT2D eigenvalue weighted by molar-refractivity contribution is 0.0992. The van der Waals surface area contributed by atoms with Gasteiger partial charge in [0, 0.05) is 36.1 Å². The lowest BCUT2D eigenvalue weighted by Crippen LogP contribution is -2.18. The van der Waals surface area contributed by atoms with E-state index in [2.05, 4.69) is 10.3 Å². The van der Waals surface area contributed by atoms with Gasteiger partial charge in [0.2, 0.25) is 0 Å². The number of aryl methyl sites for hydroxylation is 3. The van der Waals surface area contributed by atoms with Crippen LogP contribution in [0, 0.1) is 12.7 Å². The summed E-state index contributed by atoms with van der Waals surface area (Å²) in [5.74, 6) is -2.21. The summed E-state index contributed by atoms with van der Waals surface area (Å²) in [5, 5.41) is 3.53. The Balaban J connectivity index is 1.56. The molecule has 0 bridgehead atoms. The first-order valence-corrected chi connectivity index (χ1v) is 11.8. The normalized spacial score (nSPS) is 11.2. The van der Waals surface area contributed by atoms with Crippen molar-refractivity contribution in [3.63, 3.8) is 0 Å². The fourth-order valence-corrected chi connectivity index (χ4v) is 4.55. The van der Waals surface area contributed by atoms with Gasteiger partial charge in [-0.15, -0.1) is 0 Å². The quantitative estimate of drug-likeness (QED) is 0.346. The van der Waals surface area contributed by atoms with Crippen LogP contribution in [-0.2, 0) is 13.6 Å². The van der Waals surface area contributed by atoms with Gasteiger partial charge in [0.1, 0.15) is 12.1 Å². The maximum Gasteiger partial charge on any atom is 0.290 e. The number of aromatic nitrogens is 3. The Morgan fingerprint density at radius 1 is 1.08 bits per heavy atom. The predicted molar refractivity (Wildman–Crippen MR) is 141 cm³/mol. The molecule has 9 nitrogen and oxygen atoms in total. The van der Waals surface area contributed by atoms with E-state index in [1.807, 2.05) is 47.9 Å². The van der Waals surface area contributed by atoms with Crippen molar-refractivity contribution in [1.82, 2.24) is 14.3 Å². The molecule has 0 aliphatic carbocycles. The second kappa shape index (κ2) is 9.47. The Labute approximate surface area is 216 Å². The highest BCUT2D eigenvalue weighted by atomic mass is 19.1. The fourth-order valence-electron chi connectivity index (χ4n) is 4.55. The zero-order chi connectivity index (χ0) is 27.1. The van der Waals surface area contributed by atoms with Gasteiger partial charge in [0.15, 0.2) is 5.69 Å². The van der Waals surface area contributed by atoms with E-state index in [0.717, 1.165) is 28.3 Å². The third kappa shape index (κ3) is 4.26. The highest BCUT2D eigenvalue weighted by Crippen LogP contribution is 2.32. The number of carbonyl (C=O) groups excluding carboxylic acids is 2. The summed E-state index contributed by atoms with van der Waals surface area (Å²) in [5.41, 5.74) is 9.35. The number of nitrogens with one attached hydrogen (secondary N) is 1. The van der Waals surface area contributed by atoms with Gasteiger partial charge in [0.05, 0.1) is 16.6 Å². The van der Waals surface area contributed by atoms with Crippen molar-refractivity contribution < 1.29 is 18.5 Å². The zero-order valence-electron chi connectivity index (χ0n) is 20.9. The maximum atomic E-state index is 13.9. The van der Waals surface area contributed by atoms with Gasteiger partial charge in [-0.1, -0.05) is 24.3 Å². The number of primary amides is 1.